The van der Waals surface area contributed by atoms with E-state index in [1.807, 2.05) is 55.4 Å². The standard InChI is InChI=1S/C22H19F7O6.C20H13F7O6.C15H28O2.C13H22O2.C13H26O2.C11H20O2/c1-4-20(2,3)17(30)33-14-7-5-8-15(14)34-18(31)21(8,6-7)19(32)35-16-12(25)10(23)9(22(27,28)29)11(24)13(16)26;1-5(2)16(28)31-13-6-3-7-14(13)32-17(29)19(7,4-6)18(30)33-15-11(23)9(21)8(20(25,26)27)10(22)12(15)24;1-6-14(2,3)13(16)17-15(4,5)12-10-8-7-9-11-12;1-10(2)12(14)15-13(3,4)11-8-6-5-7-9-11;1-8-13(6,7)12(14)15-11(9(2)3)10(4)5;1-7(2)10(8(3)4)13-11(12)9(5)6/h7-8,14-15H,4-6H2,1-3H3;6-7,13-14H,1,3-4H2,2H3;12H,6-11H2,1-5H3;11H,1,5-9H2,2-4H3;9-11H,8H2,1-7H3;7-8,10H,5H2,1-4,6H3. The minimum absolute atomic E-state index is 0.0100. The molecule has 722 valence electrons. The van der Waals surface area contributed by atoms with Gasteiger partial charge in [-0.2, -0.15) is 43.9 Å². The van der Waals surface area contributed by atoms with Crippen LogP contribution < -0.4 is 9.47 Å². The van der Waals surface area contributed by atoms with Crippen LogP contribution in [-0.4, -0.2) is 108 Å². The molecule has 34 heteroatoms. The second-order valence-electron chi connectivity index (χ2n) is 39.2. The maximum Gasteiger partial charge on any atom is 0.422 e. The fourth-order valence-corrected chi connectivity index (χ4v) is 17.1. The summed E-state index contributed by atoms with van der Waals surface area (Å²) in [6.07, 6.45) is -1.33. The van der Waals surface area contributed by atoms with Gasteiger partial charge in [0.25, 0.3) is 0 Å². The van der Waals surface area contributed by atoms with Crippen molar-refractivity contribution in [2.75, 3.05) is 0 Å². The largest absolute Gasteiger partial charge is 0.461 e. The molecule has 2 aliphatic heterocycles. The second-order valence-corrected chi connectivity index (χ2v) is 39.2. The topological polar surface area (TPSA) is 263 Å². The monoisotopic (exact) mass is 1840 g/mol. The van der Waals surface area contributed by atoms with Gasteiger partial charge >= 0.3 is 72.0 Å². The van der Waals surface area contributed by atoms with Gasteiger partial charge in [-0.25, -0.2) is 31.9 Å². The van der Waals surface area contributed by atoms with Crippen LogP contribution in [0.25, 0.3) is 0 Å². The van der Waals surface area contributed by atoms with Crippen LogP contribution in [0.15, 0.2) is 36.5 Å². The lowest BCUT2D eigenvalue weighted by Crippen LogP contribution is -2.47. The molecule has 2 saturated heterocycles. The van der Waals surface area contributed by atoms with Gasteiger partial charge < -0.3 is 47.4 Å². The number of rotatable bonds is 25. The molecule has 128 heavy (non-hydrogen) atoms. The van der Waals surface area contributed by atoms with Gasteiger partial charge in [0.1, 0.15) is 59.0 Å². The number of benzene rings is 2. The van der Waals surface area contributed by atoms with E-state index in [0.717, 1.165) is 12.8 Å². The quantitative estimate of drug-likeness (QED) is 0.0170. The van der Waals surface area contributed by atoms with Crippen molar-refractivity contribution >= 4 is 59.7 Å². The maximum atomic E-state index is 14.2. The van der Waals surface area contributed by atoms with Crippen molar-refractivity contribution in [2.24, 2.45) is 86.3 Å². The van der Waals surface area contributed by atoms with Gasteiger partial charge in [0.05, 0.1) is 16.2 Å². The van der Waals surface area contributed by atoms with Gasteiger partial charge in [0, 0.05) is 40.4 Å². The average Bonchev–Trinajstić information content (AvgIpc) is 1.53. The summed E-state index contributed by atoms with van der Waals surface area (Å²) in [6, 6.07) is 0. The smallest absolute Gasteiger partial charge is 0.422 e. The number of alkyl halides is 6. The van der Waals surface area contributed by atoms with E-state index in [4.69, 9.17) is 37.9 Å². The first-order chi connectivity index (χ1) is 58.6. The summed E-state index contributed by atoms with van der Waals surface area (Å²) in [5.74, 6) is -33.9. The van der Waals surface area contributed by atoms with Gasteiger partial charge in [-0.3, -0.25) is 33.6 Å². The molecule has 2 heterocycles. The van der Waals surface area contributed by atoms with Crippen LogP contribution >= 0.6 is 0 Å². The highest BCUT2D eigenvalue weighted by Crippen LogP contribution is 2.65. The fraction of sp³-hybridized carbons (Fsp3) is 0.702. The highest BCUT2D eigenvalue weighted by atomic mass is 19.4. The molecule has 10 rings (SSSR count). The number of fused-ring (bicyclic) bond motifs is 2. The van der Waals surface area contributed by atoms with Crippen molar-refractivity contribution in [3.8, 4) is 11.5 Å². The normalized spacial score (nSPS) is 23.0. The third-order valence-electron chi connectivity index (χ3n) is 26.1. The van der Waals surface area contributed by atoms with E-state index in [1.54, 1.807) is 34.6 Å². The molecule has 0 radical (unpaired) electrons. The fourth-order valence-electron chi connectivity index (χ4n) is 17.1. The van der Waals surface area contributed by atoms with Crippen molar-refractivity contribution in [2.45, 2.75) is 336 Å². The molecule has 0 N–H and O–H groups in total. The van der Waals surface area contributed by atoms with E-state index in [1.165, 1.54) is 71.1 Å². The lowest BCUT2D eigenvalue weighted by molar-refractivity contribution is -0.174. The molecule has 8 fully saturated rings. The molecule has 8 aliphatic rings. The minimum atomic E-state index is -5.78. The number of carbonyl (C=O) groups is 10. The first kappa shape index (κ1) is 110. The number of ether oxygens (including phenoxy) is 10. The summed E-state index contributed by atoms with van der Waals surface area (Å²) in [7, 11) is 0. The Labute approximate surface area is 740 Å². The predicted molar refractivity (Wildman–Crippen MR) is 440 cm³/mol. The Morgan fingerprint density at radius 2 is 0.703 bits per heavy atom. The van der Waals surface area contributed by atoms with Crippen LogP contribution in [0.5, 0.6) is 11.5 Å². The average molecular weight is 1840 g/mol. The molecule has 0 spiro atoms. The molecular formula is C94H128F14O20. The predicted octanol–water partition coefficient (Wildman–Crippen LogP) is 22.3. The number of hydrogen-bond acceptors (Lipinski definition) is 20. The van der Waals surface area contributed by atoms with E-state index in [-0.39, 0.29) is 89.4 Å². The van der Waals surface area contributed by atoms with Crippen molar-refractivity contribution in [3.05, 3.63) is 94.1 Å². The Morgan fingerprint density at radius 3 is 1.01 bits per heavy atom. The Hall–Kier alpha value is -8.62. The second kappa shape index (κ2) is 42.7. The van der Waals surface area contributed by atoms with Gasteiger partial charge in [-0.1, -0.05) is 134 Å². The Kier molecular flexibility index (Phi) is 36.7. The van der Waals surface area contributed by atoms with Crippen LogP contribution in [0.4, 0.5) is 61.5 Å². The molecule has 6 saturated carbocycles. The van der Waals surface area contributed by atoms with Gasteiger partial charge in [0.15, 0.2) is 34.1 Å². The highest BCUT2D eigenvalue weighted by Gasteiger charge is 2.77. The van der Waals surface area contributed by atoms with E-state index >= 15 is 0 Å². The lowest BCUT2D eigenvalue weighted by atomic mass is 9.73. The molecule has 0 amide bonds. The number of hydrogen-bond donors (Lipinski definition) is 0. The van der Waals surface area contributed by atoms with Crippen LogP contribution in [-0.2, 0) is 98.2 Å². The third-order valence-corrected chi connectivity index (χ3v) is 26.1. The Bertz CT molecular complexity index is 4360. The molecule has 10 unspecified atom stereocenters. The zero-order valence-electron chi connectivity index (χ0n) is 77.8. The molecule has 2 aromatic rings. The van der Waals surface area contributed by atoms with Gasteiger partial charge in [-0.15, -0.1) is 0 Å². The van der Waals surface area contributed by atoms with Gasteiger partial charge in [0.2, 0.25) is 34.8 Å². The van der Waals surface area contributed by atoms with E-state index in [2.05, 4.69) is 98.4 Å². The minimum Gasteiger partial charge on any atom is -0.461 e. The maximum absolute atomic E-state index is 14.2. The van der Waals surface area contributed by atoms with Crippen molar-refractivity contribution in [1.29, 1.82) is 0 Å². The molecule has 0 aromatic heterocycles. The first-order valence-corrected chi connectivity index (χ1v) is 43.6. The van der Waals surface area contributed by atoms with E-state index in [9.17, 15) is 109 Å². The zero-order chi connectivity index (χ0) is 98.3. The summed E-state index contributed by atoms with van der Waals surface area (Å²) >= 11 is 0. The number of carbonyl (C=O) groups excluding carboxylic acids is 10. The summed E-state index contributed by atoms with van der Waals surface area (Å²) in [5, 5.41) is 0. The Balaban J connectivity index is 0.000000286. The van der Waals surface area contributed by atoms with Crippen LogP contribution in [0, 0.1) is 133 Å². The van der Waals surface area contributed by atoms with E-state index < -0.39 is 182 Å². The molecular weight excluding hydrogens is 1710 g/mol. The molecule has 10 atom stereocenters. The summed E-state index contributed by atoms with van der Waals surface area (Å²) in [5.41, 5.74) is -11.1. The molecule has 4 bridgehead atoms. The van der Waals surface area contributed by atoms with E-state index in [0.29, 0.717) is 53.1 Å². The van der Waals surface area contributed by atoms with Crippen LogP contribution in [0.2, 0.25) is 0 Å². The summed E-state index contributed by atoms with van der Waals surface area (Å²) in [6.45, 7) is 57.0. The molecule has 2 aromatic carbocycles. The highest BCUT2D eigenvalue weighted by molar-refractivity contribution is 6.05. The summed E-state index contributed by atoms with van der Waals surface area (Å²) in [4.78, 5) is 122. The lowest BCUT2D eigenvalue weighted by Gasteiger charge is -2.38. The van der Waals surface area contributed by atoms with Crippen molar-refractivity contribution in [1.82, 2.24) is 0 Å². The van der Waals surface area contributed by atoms with Crippen LogP contribution in [0.1, 0.15) is 286 Å². The molecule has 6 aliphatic carbocycles. The Morgan fingerprint density at radius 1 is 0.406 bits per heavy atom. The first-order valence-electron chi connectivity index (χ1n) is 43.6. The van der Waals surface area contributed by atoms with Crippen LogP contribution in [0.3, 0.4) is 0 Å². The number of esters is 10. The number of halogens is 14. The van der Waals surface area contributed by atoms with Gasteiger partial charge in [-0.05, 0) is 196 Å². The third kappa shape index (κ3) is 24.6. The summed E-state index contributed by atoms with van der Waals surface area (Å²) < 4.78 is 241. The van der Waals surface area contributed by atoms with Crippen molar-refractivity contribution < 1.29 is 157 Å². The zero-order valence-corrected chi connectivity index (χ0v) is 77.8. The van der Waals surface area contributed by atoms with Crippen molar-refractivity contribution in [3.63, 3.8) is 0 Å². The SMILES string of the molecule is C=C(C)C(=O)OC(C(C)C)C(C)C.C=C(C)C(=O)OC(C)(C)C1CCCCC1.C=C(C)C(=O)OC1C2CC3C1OC(=O)C3(C(=O)Oc1c(F)c(F)c(C(F)(F)F)c(F)c1F)C2.CCC(C)(C)C(=O)OC(C(C)C)C(C)C.CCC(C)(C)C(=O)OC(C)(C)C1CCCCC1.CCC(C)(C)C(=O)OC1C2CC3C1OC(=O)C3(C(=O)Oc1c(F)c(F)c(C(F)(F)F)c(F)c1F)C2. The molecule has 20 nitrogen and oxygen atoms in total.